The number of rotatable bonds is 7. The van der Waals surface area contributed by atoms with E-state index >= 15 is 13.2 Å². The number of benzene rings is 14. The summed E-state index contributed by atoms with van der Waals surface area (Å²) in [5, 5.41) is 22.2. The Morgan fingerprint density at radius 2 is 0.684 bits per heavy atom. The average Bonchev–Trinajstić information content (AvgIpc) is 1.57. The topological polar surface area (TPSA) is 52.8 Å². The molecule has 0 aliphatic heterocycles. The van der Waals surface area contributed by atoms with Gasteiger partial charge >= 0.3 is 6.18 Å². The first kappa shape index (κ1) is 55.3. The van der Waals surface area contributed by atoms with Crippen molar-refractivity contribution in [3.8, 4) is 56.8 Å². The molecule has 1 aliphatic carbocycles. The molecule has 0 amide bonds. The normalized spacial score (nSPS) is 12.6. The first-order valence-corrected chi connectivity index (χ1v) is 32.7. The second kappa shape index (κ2) is 20.7. The lowest BCUT2D eigenvalue weighted by Gasteiger charge is -2.22. The van der Waals surface area contributed by atoms with Gasteiger partial charge in [-0.15, -0.1) is 0 Å². The number of aromatic nitrogens is 5. The van der Waals surface area contributed by atoms with E-state index in [0.29, 0.717) is 22.4 Å². The van der Waals surface area contributed by atoms with Crippen LogP contribution in [0.2, 0.25) is 0 Å². The van der Waals surface area contributed by atoms with E-state index in [1.54, 1.807) is 12.1 Å². The predicted molar refractivity (Wildman–Crippen MR) is 392 cm³/mol. The lowest BCUT2D eigenvalue weighted by molar-refractivity contribution is -0.137. The van der Waals surface area contributed by atoms with Gasteiger partial charge in [0.2, 0.25) is 0 Å². The summed E-state index contributed by atoms with van der Waals surface area (Å²) in [6.45, 7) is 8.81. The summed E-state index contributed by atoms with van der Waals surface area (Å²) in [5.41, 5.74) is 16.4. The van der Waals surface area contributed by atoms with Crippen LogP contribution in [0.15, 0.2) is 297 Å². The van der Waals surface area contributed by atoms with Crippen LogP contribution >= 0.6 is 0 Å². The number of fused-ring (bicyclic) bond motifs is 18. The van der Waals surface area contributed by atoms with Gasteiger partial charge in [0.15, 0.2) is 5.69 Å². The molecule has 0 atom stereocenters. The summed E-state index contributed by atoms with van der Waals surface area (Å²) >= 11 is 0. The lowest BCUT2D eigenvalue weighted by Crippen LogP contribution is -2.10. The molecule has 0 saturated carbocycles. The van der Waals surface area contributed by atoms with E-state index in [-0.39, 0.29) is 28.3 Å². The van der Waals surface area contributed by atoms with Gasteiger partial charge in [0.1, 0.15) is 6.07 Å². The van der Waals surface area contributed by atoms with E-state index < -0.39 is 11.7 Å². The molecule has 20 rings (SSSR count). The number of para-hydroxylation sites is 6. The van der Waals surface area contributed by atoms with Crippen LogP contribution in [-0.4, -0.2) is 22.8 Å². The van der Waals surface area contributed by atoms with E-state index in [9.17, 15) is 5.26 Å². The highest BCUT2D eigenvalue weighted by Crippen LogP contribution is 2.52. The lowest BCUT2D eigenvalue weighted by atomic mass is 9.89. The highest BCUT2D eigenvalue weighted by atomic mass is 19.4. The number of alkyl halides is 3. The summed E-state index contributed by atoms with van der Waals surface area (Å²) in [7, 11) is 0. The monoisotopic (exact) mass is 1260 g/mol. The van der Waals surface area contributed by atoms with Crippen molar-refractivity contribution in [1.29, 1.82) is 5.26 Å². The van der Waals surface area contributed by atoms with Crippen LogP contribution in [0.5, 0.6) is 0 Å². The SMILES string of the molecule is [C-]#[N+]c1cccc(C(F)(F)F)c1-c1cc(-n2c3cc(-n4c5ccccc5c5ccccc54)ccc3c3ccc(-n4c5ccccc5c5ccccc54)cc32)c(C#N)cc1-n1c2cc(C3c4ccccc4-c4ccccc43)ccc2c2ccc(-n3c4ccccc4c4ccccc43)cc21. The largest absolute Gasteiger partial charge is 0.415 e. The van der Waals surface area contributed by atoms with Crippen LogP contribution in [0.1, 0.15) is 33.7 Å². The number of halogens is 3. The van der Waals surface area contributed by atoms with Crippen molar-refractivity contribution in [1.82, 2.24) is 22.8 Å². The molecule has 458 valence electrons. The number of hydrogen-bond donors (Lipinski definition) is 0. The second-order valence-electron chi connectivity index (χ2n) is 25.6. The molecule has 7 nitrogen and oxygen atoms in total. The van der Waals surface area contributed by atoms with E-state index in [0.717, 1.165) is 149 Å². The fraction of sp³-hybridized carbons (Fsp3) is 0.0227. The van der Waals surface area contributed by atoms with Crippen LogP contribution in [-0.2, 0) is 6.18 Å². The predicted octanol–water partition coefficient (Wildman–Crippen LogP) is 23.4. The molecule has 0 saturated heterocycles. The summed E-state index contributed by atoms with van der Waals surface area (Å²) < 4.78 is 60.5. The molecule has 10 heteroatoms. The zero-order valence-corrected chi connectivity index (χ0v) is 52.1. The second-order valence-corrected chi connectivity index (χ2v) is 25.6. The molecule has 0 fully saturated rings. The highest BCUT2D eigenvalue weighted by Gasteiger charge is 2.37. The molecule has 0 N–H and O–H groups in total. The van der Waals surface area contributed by atoms with Gasteiger partial charge in [-0.25, -0.2) is 4.85 Å². The molecule has 0 radical (unpaired) electrons. The van der Waals surface area contributed by atoms with Crippen LogP contribution in [0.3, 0.4) is 0 Å². The molecular weight excluding hydrogens is 1210 g/mol. The summed E-state index contributed by atoms with van der Waals surface area (Å²) in [4.78, 5) is 3.96. The van der Waals surface area contributed by atoms with Gasteiger partial charge in [0.25, 0.3) is 0 Å². The minimum Gasteiger partial charge on any atom is -0.309 e. The Labute approximate surface area is 558 Å². The van der Waals surface area contributed by atoms with Gasteiger partial charge in [-0.05, 0) is 124 Å². The molecule has 19 aromatic rings. The smallest absolute Gasteiger partial charge is 0.309 e. The minimum absolute atomic E-state index is 0.119. The molecule has 0 bridgehead atoms. The summed E-state index contributed by atoms with van der Waals surface area (Å²) in [6.07, 6.45) is -4.93. The molecule has 5 aromatic heterocycles. The zero-order valence-electron chi connectivity index (χ0n) is 52.1. The van der Waals surface area contributed by atoms with Gasteiger partial charge in [0.05, 0.1) is 84.2 Å². The Morgan fingerprint density at radius 1 is 0.327 bits per heavy atom. The molecular formula is C88H50F3N7. The third kappa shape index (κ3) is 7.79. The van der Waals surface area contributed by atoms with Gasteiger partial charge in [-0.2, -0.15) is 18.4 Å². The number of hydrogen-bond acceptors (Lipinski definition) is 1. The molecule has 0 spiro atoms. The Balaban J connectivity index is 0.933. The van der Waals surface area contributed by atoms with Crippen molar-refractivity contribution >= 4 is 115 Å². The minimum atomic E-state index is -4.93. The van der Waals surface area contributed by atoms with Crippen molar-refractivity contribution in [2.45, 2.75) is 12.1 Å². The zero-order chi connectivity index (χ0) is 65.2. The Morgan fingerprint density at radius 3 is 1.08 bits per heavy atom. The van der Waals surface area contributed by atoms with Crippen LogP contribution in [0.4, 0.5) is 18.9 Å². The van der Waals surface area contributed by atoms with Crippen molar-refractivity contribution in [2.24, 2.45) is 0 Å². The fourth-order valence-electron chi connectivity index (χ4n) is 16.6. The van der Waals surface area contributed by atoms with Crippen molar-refractivity contribution in [3.05, 3.63) is 336 Å². The standard InChI is InChI=1S/C88H50F3N7/c1-93-73-30-18-29-72(88(89,90)91)87(73)71-50-80(97-83-47-54(94-74-31-12-6-21-59(74)60-22-7-13-32-75(60)94)39-43-67(83)68-44-40-55(48-84(68)97)95-76-33-14-8-23-61(76)62-24-9-15-34-77(62)95)53(51-92)46-82(71)98-81-45-52(86-69-27-4-2-19-57(69)58-20-3-5-28-70(58)86)37-41-65(81)66-42-38-56(49-85(66)98)96-78-35-16-10-25-63(78)64-26-11-17-36-79(64)96/h2-50,86H. The quantitative estimate of drug-likeness (QED) is 0.147. The molecule has 98 heavy (non-hydrogen) atoms. The first-order valence-electron chi connectivity index (χ1n) is 32.7. The maximum Gasteiger partial charge on any atom is 0.415 e. The maximum absolute atomic E-state index is 16.5. The maximum atomic E-state index is 16.5. The number of nitriles is 1. The van der Waals surface area contributed by atoms with Crippen LogP contribution in [0.25, 0.3) is 165 Å². The molecule has 0 unspecified atom stereocenters. The molecule has 1 aliphatic rings. The fourth-order valence-corrected chi connectivity index (χ4v) is 16.6. The van der Waals surface area contributed by atoms with E-state index in [4.69, 9.17) is 6.57 Å². The Kier molecular flexibility index (Phi) is 11.7. The third-order valence-corrected chi connectivity index (χ3v) is 20.6. The third-order valence-electron chi connectivity index (χ3n) is 20.6. The first-order chi connectivity index (χ1) is 48.2. The molecule has 14 aromatic carbocycles. The van der Waals surface area contributed by atoms with Gasteiger partial charge in [-0.1, -0.05) is 206 Å². The summed E-state index contributed by atoms with van der Waals surface area (Å²) in [5.74, 6) is -0.183. The Hall–Kier alpha value is -13.2. The van der Waals surface area contributed by atoms with Gasteiger partial charge in [-0.3, -0.25) is 0 Å². The number of nitrogens with zero attached hydrogens (tertiary/aromatic N) is 7. The highest BCUT2D eigenvalue weighted by molar-refractivity contribution is 6.16. The average molecular weight is 1260 g/mol. The summed E-state index contributed by atoms with van der Waals surface area (Å²) in [6, 6.07) is 103. The van der Waals surface area contributed by atoms with Crippen molar-refractivity contribution < 1.29 is 13.2 Å². The van der Waals surface area contributed by atoms with Gasteiger partial charge in [0, 0.05) is 82.4 Å². The van der Waals surface area contributed by atoms with Crippen LogP contribution in [0, 0.1) is 17.9 Å². The Bertz CT molecular complexity index is 6410. The van der Waals surface area contributed by atoms with E-state index in [1.807, 2.05) is 72.8 Å². The molecule has 5 heterocycles. The van der Waals surface area contributed by atoms with Crippen LogP contribution < -0.4 is 0 Å². The van der Waals surface area contributed by atoms with Crippen molar-refractivity contribution in [3.63, 3.8) is 0 Å². The van der Waals surface area contributed by atoms with E-state index in [2.05, 4.69) is 228 Å². The van der Waals surface area contributed by atoms with E-state index in [1.165, 1.54) is 12.1 Å². The van der Waals surface area contributed by atoms with Gasteiger partial charge < -0.3 is 22.8 Å². The van der Waals surface area contributed by atoms with Crippen molar-refractivity contribution in [2.75, 3.05) is 0 Å².